The Balaban J connectivity index is 3.59. The SMILES string of the molecule is CC/C=C/C(O)CC(=O)OC. The highest BCUT2D eigenvalue weighted by molar-refractivity contribution is 5.70. The van der Waals surface area contributed by atoms with E-state index in [2.05, 4.69) is 4.74 Å². The van der Waals surface area contributed by atoms with Crippen molar-refractivity contribution < 1.29 is 14.6 Å². The van der Waals surface area contributed by atoms with Crippen LogP contribution in [-0.4, -0.2) is 24.3 Å². The van der Waals surface area contributed by atoms with Crippen molar-refractivity contribution in [2.45, 2.75) is 25.9 Å². The minimum absolute atomic E-state index is 0.0347. The molecular weight excluding hydrogens is 144 g/mol. The van der Waals surface area contributed by atoms with E-state index in [9.17, 15) is 4.79 Å². The van der Waals surface area contributed by atoms with Crippen molar-refractivity contribution in [2.75, 3.05) is 7.11 Å². The van der Waals surface area contributed by atoms with Gasteiger partial charge in [0.05, 0.1) is 19.6 Å². The van der Waals surface area contributed by atoms with E-state index in [0.29, 0.717) is 0 Å². The fourth-order valence-corrected chi connectivity index (χ4v) is 0.615. The molecule has 0 radical (unpaired) electrons. The van der Waals surface area contributed by atoms with Crippen LogP contribution in [0, 0.1) is 0 Å². The van der Waals surface area contributed by atoms with Crippen LogP contribution in [0.3, 0.4) is 0 Å². The number of methoxy groups -OCH3 is 1. The number of carbonyl (C=O) groups excluding carboxylic acids is 1. The molecule has 0 heterocycles. The van der Waals surface area contributed by atoms with Crippen molar-refractivity contribution in [3.8, 4) is 0 Å². The van der Waals surface area contributed by atoms with Crippen molar-refractivity contribution in [2.24, 2.45) is 0 Å². The van der Waals surface area contributed by atoms with Crippen molar-refractivity contribution >= 4 is 5.97 Å². The van der Waals surface area contributed by atoms with E-state index in [1.807, 2.05) is 13.0 Å². The first kappa shape index (κ1) is 10.2. The second-order valence-corrected chi connectivity index (χ2v) is 2.18. The maximum absolute atomic E-state index is 10.6. The molecule has 11 heavy (non-hydrogen) atoms. The molecule has 0 rings (SSSR count). The summed E-state index contributed by atoms with van der Waals surface area (Å²) in [5, 5.41) is 9.09. The average molecular weight is 158 g/mol. The summed E-state index contributed by atoms with van der Waals surface area (Å²) in [6.07, 6.45) is 3.60. The van der Waals surface area contributed by atoms with Gasteiger partial charge in [0, 0.05) is 0 Å². The van der Waals surface area contributed by atoms with Crippen molar-refractivity contribution in [3.63, 3.8) is 0 Å². The van der Waals surface area contributed by atoms with Gasteiger partial charge in [0.2, 0.25) is 0 Å². The predicted molar refractivity (Wildman–Crippen MR) is 42.1 cm³/mol. The van der Waals surface area contributed by atoms with Crippen LogP contribution >= 0.6 is 0 Å². The summed E-state index contributed by atoms with van der Waals surface area (Å²) in [5.41, 5.74) is 0. The number of esters is 1. The summed E-state index contributed by atoms with van der Waals surface area (Å²) in [5.74, 6) is -0.391. The van der Waals surface area contributed by atoms with E-state index < -0.39 is 12.1 Å². The van der Waals surface area contributed by atoms with Crippen LogP contribution in [0.15, 0.2) is 12.2 Å². The molecule has 0 bridgehead atoms. The van der Waals surface area contributed by atoms with Crippen LogP contribution < -0.4 is 0 Å². The molecule has 1 N–H and O–H groups in total. The minimum atomic E-state index is -0.706. The fourth-order valence-electron chi connectivity index (χ4n) is 0.615. The lowest BCUT2D eigenvalue weighted by Crippen LogP contribution is -2.11. The van der Waals surface area contributed by atoms with Gasteiger partial charge in [0.25, 0.3) is 0 Å². The van der Waals surface area contributed by atoms with Gasteiger partial charge in [0.15, 0.2) is 0 Å². The molecule has 0 aromatic heterocycles. The highest BCUT2D eigenvalue weighted by Crippen LogP contribution is 1.96. The highest BCUT2D eigenvalue weighted by atomic mass is 16.5. The van der Waals surface area contributed by atoms with E-state index in [1.54, 1.807) is 6.08 Å². The lowest BCUT2D eigenvalue weighted by Gasteiger charge is -2.02. The van der Waals surface area contributed by atoms with Gasteiger partial charge >= 0.3 is 5.97 Å². The number of carbonyl (C=O) groups is 1. The van der Waals surface area contributed by atoms with E-state index in [-0.39, 0.29) is 6.42 Å². The van der Waals surface area contributed by atoms with Crippen LogP contribution in [0.2, 0.25) is 0 Å². The maximum Gasteiger partial charge on any atom is 0.308 e. The molecule has 0 aliphatic rings. The monoisotopic (exact) mass is 158 g/mol. The Hall–Kier alpha value is -0.830. The Morgan fingerprint density at radius 1 is 1.73 bits per heavy atom. The smallest absolute Gasteiger partial charge is 0.308 e. The fraction of sp³-hybridized carbons (Fsp3) is 0.625. The van der Waals surface area contributed by atoms with Crippen LogP contribution in [0.5, 0.6) is 0 Å². The van der Waals surface area contributed by atoms with Gasteiger partial charge in [0.1, 0.15) is 0 Å². The zero-order chi connectivity index (χ0) is 8.69. The number of ether oxygens (including phenoxy) is 1. The first-order valence-corrected chi connectivity index (χ1v) is 3.62. The number of aliphatic hydroxyl groups excluding tert-OH is 1. The van der Waals surface area contributed by atoms with E-state index in [1.165, 1.54) is 7.11 Å². The lowest BCUT2D eigenvalue weighted by atomic mass is 10.2. The molecule has 0 saturated carbocycles. The topological polar surface area (TPSA) is 46.5 Å². The van der Waals surface area contributed by atoms with Gasteiger partial charge in [-0.25, -0.2) is 0 Å². The molecule has 0 spiro atoms. The van der Waals surface area contributed by atoms with Crippen molar-refractivity contribution in [1.82, 2.24) is 0 Å². The maximum atomic E-state index is 10.6. The van der Waals surface area contributed by atoms with E-state index >= 15 is 0 Å². The summed E-state index contributed by atoms with van der Waals surface area (Å²) < 4.78 is 4.37. The molecule has 1 atom stereocenters. The predicted octanol–water partition coefficient (Wildman–Crippen LogP) is 0.877. The molecular formula is C8H14O3. The normalized spacial score (nSPS) is 13.4. The standard InChI is InChI=1S/C8H14O3/c1-3-4-5-7(9)6-8(10)11-2/h4-5,7,9H,3,6H2,1-2H3/b5-4+. The number of hydrogen-bond acceptors (Lipinski definition) is 3. The Kier molecular flexibility index (Phi) is 5.47. The first-order valence-electron chi connectivity index (χ1n) is 3.62. The molecule has 64 valence electrons. The number of allylic oxidation sites excluding steroid dienone is 1. The summed E-state index contributed by atoms with van der Waals surface area (Å²) in [6, 6.07) is 0. The van der Waals surface area contributed by atoms with Gasteiger partial charge in [-0.3, -0.25) is 4.79 Å². The van der Waals surface area contributed by atoms with Gasteiger partial charge in [-0.1, -0.05) is 19.1 Å². The van der Waals surface area contributed by atoms with E-state index in [0.717, 1.165) is 6.42 Å². The molecule has 0 saturated heterocycles. The molecule has 0 aliphatic heterocycles. The zero-order valence-corrected chi connectivity index (χ0v) is 6.91. The number of aliphatic hydroxyl groups is 1. The van der Waals surface area contributed by atoms with Gasteiger partial charge in [-0.2, -0.15) is 0 Å². The second-order valence-electron chi connectivity index (χ2n) is 2.18. The summed E-state index contributed by atoms with van der Waals surface area (Å²) in [6.45, 7) is 1.96. The van der Waals surface area contributed by atoms with Crippen molar-refractivity contribution in [1.29, 1.82) is 0 Å². The Labute approximate surface area is 66.7 Å². The zero-order valence-electron chi connectivity index (χ0n) is 6.91. The van der Waals surface area contributed by atoms with Gasteiger partial charge < -0.3 is 9.84 Å². The Bertz CT molecular complexity index is 140. The first-order chi connectivity index (χ1) is 5.20. The molecule has 0 aromatic carbocycles. The lowest BCUT2D eigenvalue weighted by molar-refractivity contribution is -0.142. The molecule has 0 aliphatic carbocycles. The third kappa shape index (κ3) is 5.61. The summed E-state index contributed by atoms with van der Waals surface area (Å²) >= 11 is 0. The van der Waals surface area contributed by atoms with Crippen LogP contribution in [-0.2, 0) is 9.53 Å². The largest absolute Gasteiger partial charge is 0.469 e. The van der Waals surface area contributed by atoms with Crippen LogP contribution in [0.4, 0.5) is 0 Å². The number of rotatable bonds is 4. The van der Waals surface area contributed by atoms with Crippen LogP contribution in [0.25, 0.3) is 0 Å². The summed E-state index contributed by atoms with van der Waals surface area (Å²) in [7, 11) is 1.30. The molecule has 0 amide bonds. The molecule has 3 heteroatoms. The second kappa shape index (κ2) is 5.92. The number of hydrogen-bond donors (Lipinski definition) is 1. The summed E-state index contributed by atoms with van der Waals surface area (Å²) in [4.78, 5) is 10.6. The van der Waals surface area contributed by atoms with Crippen LogP contribution in [0.1, 0.15) is 19.8 Å². The third-order valence-electron chi connectivity index (χ3n) is 1.20. The molecule has 1 unspecified atom stereocenters. The Morgan fingerprint density at radius 2 is 2.36 bits per heavy atom. The molecule has 0 aromatic rings. The van der Waals surface area contributed by atoms with Gasteiger partial charge in [-0.05, 0) is 6.42 Å². The highest BCUT2D eigenvalue weighted by Gasteiger charge is 2.06. The van der Waals surface area contributed by atoms with Gasteiger partial charge in [-0.15, -0.1) is 0 Å². The molecule has 3 nitrogen and oxygen atoms in total. The van der Waals surface area contributed by atoms with E-state index in [4.69, 9.17) is 5.11 Å². The quantitative estimate of drug-likeness (QED) is 0.488. The Morgan fingerprint density at radius 3 is 2.82 bits per heavy atom. The average Bonchev–Trinajstić information content (AvgIpc) is 2.00. The molecule has 0 fully saturated rings. The van der Waals surface area contributed by atoms with Crippen molar-refractivity contribution in [3.05, 3.63) is 12.2 Å². The minimum Gasteiger partial charge on any atom is -0.469 e. The third-order valence-corrected chi connectivity index (χ3v) is 1.20.